The minimum absolute atomic E-state index is 0.725. The topological polar surface area (TPSA) is 25.8 Å². The maximum absolute atomic E-state index is 4.78. The number of thiophene rings is 4. The second-order valence-electron chi connectivity index (χ2n) is 11.9. The predicted molar refractivity (Wildman–Crippen MR) is 204 cm³/mol. The number of aromatic nitrogens is 2. The Balaban J connectivity index is 1.19. The smallest absolute Gasteiger partial charge is 0.114 e. The van der Waals surface area contributed by atoms with Gasteiger partial charge in [0.1, 0.15) is 11.0 Å². The van der Waals surface area contributed by atoms with Crippen LogP contribution in [0.25, 0.3) is 50.7 Å². The van der Waals surface area contributed by atoms with E-state index in [1.165, 1.54) is 113 Å². The van der Waals surface area contributed by atoms with Crippen LogP contribution in [0.3, 0.4) is 0 Å². The summed E-state index contributed by atoms with van der Waals surface area (Å²) in [6.07, 6.45) is 12.2. The standard InChI is InChI=1S/C38H40N2S5/c1-5-9-13-25(7-3)15-11-17-27-21-33-35(41-27)23-31(43-33)29-19-20-30(38-37(29)39-45-40-38)32-24-36-34(44-32)22-28(42-36)18-12-16-26(8-4)14-10-6-2/h19-26H,5-10,13-16H2,1-4H3. The zero-order valence-corrected chi connectivity index (χ0v) is 30.7. The van der Waals surface area contributed by atoms with Gasteiger partial charge in [-0.25, -0.2) is 0 Å². The van der Waals surface area contributed by atoms with Crippen molar-refractivity contribution in [2.75, 3.05) is 0 Å². The van der Waals surface area contributed by atoms with Gasteiger partial charge in [-0.2, -0.15) is 8.75 Å². The first kappa shape index (κ1) is 32.4. The van der Waals surface area contributed by atoms with Crippen molar-refractivity contribution in [2.24, 2.45) is 11.8 Å². The lowest BCUT2D eigenvalue weighted by atomic mass is 9.96. The fourth-order valence-electron chi connectivity index (χ4n) is 5.78. The van der Waals surface area contributed by atoms with Crippen LogP contribution in [0.4, 0.5) is 0 Å². The summed E-state index contributed by atoms with van der Waals surface area (Å²) in [5.41, 5.74) is 4.35. The molecule has 0 aliphatic carbocycles. The van der Waals surface area contributed by atoms with Gasteiger partial charge in [-0.05, 0) is 48.9 Å². The monoisotopic (exact) mass is 684 g/mol. The van der Waals surface area contributed by atoms with Crippen LogP contribution in [0.5, 0.6) is 0 Å². The maximum atomic E-state index is 4.78. The van der Waals surface area contributed by atoms with Crippen molar-refractivity contribution in [3.63, 3.8) is 0 Å². The summed E-state index contributed by atoms with van der Waals surface area (Å²) in [4.78, 5) is 4.85. The molecule has 0 radical (unpaired) electrons. The largest absolute Gasteiger partial charge is 0.172 e. The van der Waals surface area contributed by atoms with Crippen LogP contribution in [0.15, 0.2) is 36.4 Å². The Kier molecular flexibility index (Phi) is 11.1. The van der Waals surface area contributed by atoms with E-state index in [0.29, 0.717) is 0 Å². The van der Waals surface area contributed by atoms with Crippen LogP contribution in [-0.2, 0) is 0 Å². The van der Waals surface area contributed by atoms with Gasteiger partial charge in [0, 0.05) is 52.5 Å². The molecule has 0 aliphatic heterocycles. The van der Waals surface area contributed by atoms with Gasteiger partial charge in [0.15, 0.2) is 0 Å². The van der Waals surface area contributed by atoms with Crippen molar-refractivity contribution in [1.82, 2.24) is 8.75 Å². The van der Waals surface area contributed by atoms with Gasteiger partial charge in [-0.1, -0.05) is 102 Å². The molecule has 0 spiro atoms. The Hall–Kier alpha value is -2.52. The lowest BCUT2D eigenvalue weighted by molar-refractivity contribution is 0.462. The average molecular weight is 685 g/mol. The highest BCUT2D eigenvalue weighted by Gasteiger charge is 2.18. The van der Waals surface area contributed by atoms with Crippen molar-refractivity contribution < 1.29 is 0 Å². The van der Waals surface area contributed by atoms with Gasteiger partial charge < -0.3 is 0 Å². The van der Waals surface area contributed by atoms with Crippen molar-refractivity contribution >= 4 is 86.9 Å². The third-order valence-electron chi connectivity index (χ3n) is 8.65. The fraction of sp³-hybridized carbons (Fsp3) is 0.421. The van der Waals surface area contributed by atoms with Crippen molar-refractivity contribution in [3.05, 3.63) is 46.2 Å². The molecule has 0 N–H and O–H groups in total. The molecule has 0 saturated heterocycles. The van der Waals surface area contributed by atoms with Crippen LogP contribution < -0.4 is 0 Å². The molecule has 5 aromatic heterocycles. The normalized spacial score (nSPS) is 12.8. The lowest BCUT2D eigenvalue weighted by Gasteiger charge is -2.09. The van der Waals surface area contributed by atoms with E-state index in [1.807, 2.05) is 45.3 Å². The molecule has 6 aromatic rings. The maximum Gasteiger partial charge on any atom is 0.114 e. The molecule has 1 aromatic carbocycles. The van der Waals surface area contributed by atoms with E-state index in [1.54, 1.807) is 0 Å². The second-order valence-corrected chi connectivity index (χ2v) is 16.7. The Bertz CT molecular complexity index is 1800. The van der Waals surface area contributed by atoms with Crippen molar-refractivity contribution in [3.8, 4) is 44.6 Å². The highest BCUT2D eigenvalue weighted by molar-refractivity contribution is 7.30. The Morgan fingerprint density at radius 1 is 0.600 bits per heavy atom. The van der Waals surface area contributed by atoms with E-state index in [-0.39, 0.29) is 0 Å². The number of benzene rings is 1. The number of nitrogens with zero attached hydrogens (tertiary/aromatic N) is 2. The zero-order valence-electron chi connectivity index (χ0n) is 26.6. The number of hydrogen-bond acceptors (Lipinski definition) is 7. The summed E-state index contributed by atoms with van der Waals surface area (Å²) in [6, 6.07) is 13.6. The van der Waals surface area contributed by atoms with E-state index >= 15 is 0 Å². The first-order valence-corrected chi connectivity index (χ1v) is 20.4. The number of unbranched alkanes of at least 4 members (excludes halogenated alkanes) is 2. The van der Waals surface area contributed by atoms with Gasteiger partial charge in [0.25, 0.3) is 0 Å². The molecule has 45 heavy (non-hydrogen) atoms. The van der Waals surface area contributed by atoms with E-state index in [0.717, 1.165) is 35.7 Å². The van der Waals surface area contributed by atoms with Crippen molar-refractivity contribution in [2.45, 2.75) is 91.9 Å². The van der Waals surface area contributed by atoms with Gasteiger partial charge in [0.2, 0.25) is 0 Å². The van der Waals surface area contributed by atoms with E-state index in [4.69, 9.17) is 8.75 Å². The molecular formula is C38H40N2S5. The molecule has 2 unspecified atom stereocenters. The summed E-state index contributed by atoms with van der Waals surface area (Å²) in [7, 11) is 0. The van der Waals surface area contributed by atoms with E-state index in [9.17, 15) is 0 Å². The number of rotatable bonds is 12. The van der Waals surface area contributed by atoms with Crippen LogP contribution in [0, 0.1) is 35.5 Å². The molecule has 0 fully saturated rings. The van der Waals surface area contributed by atoms with Crippen molar-refractivity contribution in [1.29, 1.82) is 0 Å². The van der Waals surface area contributed by atoms with Crippen LogP contribution in [0.2, 0.25) is 0 Å². The summed E-state index contributed by atoms with van der Waals surface area (Å²) >= 11 is 8.60. The fourth-order valence-corrected chi connectivity index (χ4v) is 10.9. The second kappa shape index (κ2) is 15.4. The quantitative estimate of drug-likeness (QED) is 0.120. The molecule has 7 heteroatoms. The van der Waals surface area contributed by atoms with Crippen LogP contribution in [-0.4, -0.2) is 8.75 Å². The number of hydrogen-bond donors (Lipinski definition) is 0. The summed E-state index contributed by atoms with van der Waals surface area (Å²) in [6.45, 7) is 9.12. The molecule has 6 rings (SSSR count). The zero-order chi connectivity index (χ0) is 31.2. The van der Waals surface area contributed by atoms with Crippen LogP contribution in [0.1, 0.15) is 102 Å². The molecule has 232 valence electrons. The first-order chi connectivity index (χ1) is 22.1. The van der Waals surface area contributed by atoms with Gasteiger partial charge in [-0.3, -0.25) is 0 Å². The summed E-state index contributed by atoms with van der Waals surface area (Å²) in [5.74, 6) is 15.3. The summed E-state index contributed by atoms with van der Waals surface area (Å²) in [5, 5.41) is 0. The highest BCUT2D eigenvalue weighted by atomic mass is 32.1. The highest BCUT2D eigenvalue weighted by Crippen LogP contribution is 2.44. The SMILES string of the molecule is CCCCC(CC)CC#Cc1cc2sc(-c3ccc(-c4cc5sc(C#CCC(CC)CCCC)cc5s4)c4nsnc34)cc2s1. The molecule has 5 heterocycles. The van der Waals surface area contributed by atoms with Gasteiger partial charge in [0.05, 0.1) is 21.5 Å². The lowest BCUT2D eigenvalue weighted by Crippen LogP contribution is -1.96. The minimum Gasteiger partial charge on any atom is -0.172 e. The van der Waals surface area contributed by atoms with Gasteiger partial charge >= 0.3 is 0 Å². The third-order valence-corrected chi connectivity index (χ3v) is 13.7. The minimum atomic E-state index is 0.725. The van der Waals surface area contributed by atoms with Crippen LogP contribution >= 0.6 is 57.1 Å². The molecule has 0 bridgehead atoms. The molecular weight excluding hydrogens is 645 g/mol. The molecule has 2 atom stereocenters. The number of fused-ring (bicyclic) bond motifs is 3. The molecule has 0 amide bonds. The predicted octanol–water partition coefficient (Wildman–Crippen LogP) is 13.5. The third kappa shape index (κ3) is 7.56. The average Bonchev–Trinajstić information content (AvgIpc) is 3.87. The Labute approximate surface area is 288 Å². The van der Waals surface area contributed by atoms with Gasteiger partial charge in [-0.15, -0.1) is 45.3 Å². The summed E-state index contributed by atoms with van der Waals surface area (Å²) < 4.78 is 14.8. The first-order valence-electron chi connectivity index (χ1n) is 16.4. The Morgan fingerprint density at radius 2 is 1.04 bits per heavy atom. The molecule has 2 nitrogen and oxygen atoms in total. The van der Waals surface area contributed by atoms with E-state index in [2.05, 4.69) is 87.8 Å². The van der Waals surface area contributed by atoms with E-state index < -0.39 is 0 Å². The molecule has 0 aliphatic rings. The Morgan fingerprint density at radius 3 is 1.44 bits per heavy atom. The molecule has 0 saturated carbocycles.